The summed E-state index contributed by atoms with van der Waals surface area (Å²) in [4.78, 5) is 20.0. The van der Waals surface area contributed by atoms with E-state index in [1.165, 1.54) is 11.0 Å². The van der Waals surface area contributed by atoms with Crippen LogP contribution in [0.25, 0.3) is 6.08 Å². The fraction of sp³-hybridized carbons (Fsp3) is 0.333. The van der Waals surface area contributed by atoms with E-state index < -0.39 is 0 Å². The van der Waals surface area contributed by atoms with Gasteiger partial charge in [0.1, 0.15) is 5.76 Å². The van der Waals surface area contributed by atoms with Gasteiger partial charge in [-0.15, -0.1) is 11.3 Å². The molecule has 0 bridgehead atoms. The Bertz CT molecular complexity index is 646. The average Bonchev–Trinajstić information content (AvgIpc) is 3.13. The van der Waals surface area contributed by atoms with Crippen LogP contribution in [0.3, 0.4) is 0 Å². The van der Waals surface area contributed by atoms with Gasteiger partial charge in [0, 0.05) is 30.5 Å². The molecule has 21 heavy (non-hydrogen) atoms. The predicted octanol–water partition coefficient (Wildman–Crippen LogP) is 2.77. The number of amides is 1. The van der Waals surface area contributed by atoms with Crippen LogP contribution in [-0.2, 0) is 17.8 Å². The van der Waals surface area contributed by atoms with Gasteiger partial charge in [-0.3, -0.25) is 15.0 Å². The molecule has 2 aromatic rings. The standard InChI is InChI=1S/C15H17N3O2S/c1-2-18-8-7-12-13(10-18)21-15(16-12)17-14(19)6-5-11-4-3-9-20-11/h3-6,9H,2,7-8,10H2,1H3,(H,16,17,19). The minimum Gasteiger partial charge on any atom is -0.465 e. The molecular weight excluding hydrogens is 286 g/mol. The van der Waals surface area contributed by atoms with Crippen LogP contribution in [0.5, 0.6) is 0 Å². The van der Waals surface area contributed by atoms with Crippen LogP contribution in [-0.4, -0.2) is 28.9 Å². The van der Waals surface area contributed by atoms with E-state index >= 15 is 0 Å². The summed E-state index contributed by atoms with van der Waals surface area (Å²) in [5.41, 5.74) is 1.12. The van der Waals surface area contributed by atoms with Crippen molar-refractivity contribution in [2.24, 2.45) is 0 Å². The number of fused-ring (bicyclic) bond motifs is 1. The van der Waals surface area contributed by atoms with Crippen molar-refractivity contribution in [1.29, 1.82) is 0 Å². The van der Waals surface area contributed by atoms with E-state index in [-0.39, 0.29) is 5.91 Å². The van der Waals surface area contributed by atoms with Gasteiger partial charge in [0.15, 0.2) is 5.13 Å². The Kier molecular flexibility index (Phi) is 4.17. The Morgan fingerprint density at radius 1 is 1.62 bits per heavy atom. The number of carbonyl (C=O) groups is 1. The zero-order valence-corrected chi connectivity index (χ0v) is 12.7. The number of hydrogen-bond donors (Lipinski definition) is 1. The summed E-state index contributed by atoms with van der Waals surface area (Å²) < 4.78 is 5.14. The van der Waals surface area contributed by atoms with Gasteiger partial charge in [-0.25, -0.2) is 4.98 Å². The molecule has 0 spiro atoms. The molecule has 0 fully saturated rings. The molecular formula is C15H17N3O2S. The molecule has 0 atom stereocenters. The topological polar surface area (TPSA) is 58.4 Å². The Hall–Kier alpha value is -1.92. The van der Waals surface area contributed by atoms with Crippen LogP contribution in [0.4, 0.5) is 5.13 Å². The van der Waals surface area contributed by atoms with Gasteiger partial charge in [0.25, 0.3) is 0 Å². The van der Waals surface area contributed by atoms with Crippen molar-refractivity contribution < 1.29 is 9.21 Å². The second-order valence-electron chi connectivity index (χ2n) is 4.85. The molecule has 1 amide bonds. The van der Waals surface area contributed by atoms with Gasteiger partial charge in [0.2, 0.25) is 5.91 Å². The number of thiazole rings is 1. The van der Waals surface area contributed by atoms with Crippen molar-refractivity contribution in [1.82, 2.24) is 9.88 Å². The number of hydrogen-bond acceptors (Lipinski definition) is 5. The SMILES string of the molecule is CCN1CCc2nc(NC(=O)C=Cc3ccco3)sc2C1. The minimum atomic E-state index is -0.190. The molecule has 2 aromatic heterocycles. The summed E-state index contributed by atoms with van der Waals surface area (Å²) in [6.07, 6.45) is 5.63. The first-order valence-electron chi connectivity index (χ1n) is 6.98. The molecule has 0 saturated heterocycles. The Morgan fingerprint density at radius 2 is 2.52 bits per heavy atom. The maximum atomic E-state index is 11.9. The monoisotopic (exact) mass is 303 g/mol. The molecule has 3 heterocycles. The highest BCUT2D eigenvalue weighted by molar-refractivity contribution is 7.15. The van der Waals surface area contributed by atoms with Gasteiger partial charge < -0.3 is 4.42 Å². The van der Waals surface area contributed by atoms with Gasteiger partial charge in [-0.1, -0.05) is 6.92 Å². The maximum Gasteiger partial charge on any atom is 0.250 e. The van der Waals surface area contributed by atoms with Crippen molar-refractivity contribution in [2.75, 3.05) is 18.4 Å². The number of nitrogens with zero attached hydrogens (tertiary/aromatic N) is 2. The van der Waals surface area contributed by atoms with Crippen LogP contribution < -0.4 is 5.32 Å². The van der Waals surface area contributed by atoms with E-state index in [1.807, 2.05) is 0 Å². The second-order valence-corrected chi connectivity index (χ2v) is 5.93. The number of anilines is 1. The van der Waals surface area contributed by atoms with Gasteiger partial charge >= 0.3 is 0 Å². The first-order valence-corrected chi connectivity index (χ1v) is 7.79. The number of carbonyl (C=O) groups excluding carboxylic acids is 1. The molecule has 1 N–H and O–H groups in total. The highest BCUT2D eigenvalue weighted by atomic mass is 32.1. The molecule has 0 radical (unpaired) electrons. The number of likely N-dealkylation sites (N-methyl/N-ethyl adjacent to an activating group) is 1. The molecule has 0 unspecified atom stereocenters. The Morgan fingerprint density at radius 3 is 3.29 bits per heavy atom. The largest absolute Gasteiger partial charge is 0.465 e. The highest BCUT2D eigenvalue weighted by Gasteiger charge is 2.19. The fourth-order valence-corrected chi connectivity index (χ4v) is 3.32. The van der Waals surface area contributed by atoms with Gasteiger partial charge in [-0.05, 0) is 24.8 Å². The third-order valence-corrected chi connectivity index (χ3v) is 4.43. The van der Waals surface area contributed by atoms with E-state index in [9.17, 15) is 4.79 Å². The lowest BCUT2D eigenvalue weighted by molar-refractivity contribution is -0.111. The summed E-state index contributed by atoms with van der Waals surface area (Å²) >= 11 is 1.56. The molecule has 1 aliphatic rings. The number of nitrogens with one attached hydrogen (secondary N) is 1. The molecule has 110 valence electrons. The van der Waals surface area contributed by atoms with Crippen molar-refractivity contribution in [3.8, 4) is 0 Å². The zero-order valence-electron chi connectivity index (χ0n) is 11.8. The summed E-state index contributed by atoms with van der Waals surface area (Å²) in [7, 11) is 0. The lowest BCUT2D eigenvalue weighted by Gasteiger charge is -2.23. The smallest absolute Gasteiger partial charge is 0.250 e. The third kappa shape index (κ3) is 3.40. The number of furan rings is 1. The third-order valence-electron chi connectivity index (χ3n) is 3.43. The molecule has 0 aromatic carbocycles. The van der Waals surface area contributed by atoms with Crippen LogP contribution in [0, 0.1) is 0 Å². The maximum absolute atomic E-state index is 11.9. The summed E-state index contributed by atoms with van der Waals surface area (Å²) in [5, 5.41) is 3.49. The van der Waals surface area contributed by atoms with E-state index in [4.69, 9.17) is 4.42 Å². The average molecular weight is 303 g/mol. The summed E-state index contributed by atoms with van der Waals surface area (Å²) in [5.74, 6) is 0.465. The normalized spacial score (nSPS) is 15.3. The molecule has 1 aliphatic heterocycles. The molecule has 5 nitrogen and oxygen atoms in total. The lowest BCUT2D eigenvalue weighted by Crippen LogP contribution is -2.29. The molecule has 3 rings (SSSR count). The van der Waals surface area contributed by atoms with E-state index in [1.54, 1.807) is 35.8 Å². The van der Waals surface area contributed by atoms with Crippen LogP contribution >= 0.6 is 11.3 Å². The number of aromatic nitrogens is 1. The van der Waals surface area contributed by atoms with Crippen LogP contribution in [0.15, 0.2) is 28.9 Å². The minimum absolute atomic E-state index is 0.190. The van der Waals surface area contributed by atoms with Gasteiger partial charge in [0.05, 0.1) is 12.0 Å². The van der Waals surface area contributed by atoms with Crippen molar-refractivity contribution >= 4 is 28.5 Å². The Labute approximate surface area is 127 Å². The summed E-state index contributed by atoms with van der Waals surface area (Å²) in [6.45, 7) is 5.18. The summed E-state index contributed by atoms with van der Waals surface area (Å²) in [6, 6.07) is 3.58. The van der Waals surface area contributed by atoms with Gasteiger partial charge in [-0.2, -0.15) is 0 Å². The second kappa shape index (κ2) is 6.24. The predicted molar refractivity (Wildman–Crippen MR) is 83.1 cm³/mol. The highest BCUT2D eigenvalue weighted by Crippen LogP contribution is 2.28. The quantitative estimate of drug-likeness (QED) is 0.882. The van der Waals surface area contributed by atoms with E-state index in [2.05, 4.69) is 22.1 Å². The Balaban J connectivity index is 1.63. The number of rotatable bonds is 4. The van der Waals surface area contributed by atoms with Crippen LogP contribution in [0.2, 0.25) is 0 Å². The lowest BCUT2D eigenvalue weighted by atomic mass is 10.2. The van der Waals surface area contributed by atoms with E-state index in [0.29, 0.717) is 10.9 Å². The zero-order chi connectivity index (χ0) is 14.7. The van der Waals surface area contributed by atoms with Crippen molar-refractivity contribution in [2.45, 2.75) is 19.9 Å². The molecule has 6 heteroatoms. The fourth-order valence-electron chi connectivity index (χ4n) is 2.26. The molecule has 0 aliphatic carbocycles. The van der Waals surface area contributed by atoms with Crippen LogP contribution in [0.1, 0.15) is 23.3 Å². The first-order chi connectivity index (χ1) is 10.2. The van der Waals surface area contributed by atoms with Crippen molar-refractivity contribution in [3.05, 3.63) is 40.8 Å². The first kappa shape index (κ1) is 14.0. The van der Waals surface area contributed by atoms with E-state index in [0.717, 1.165) is 31.7 Å². The molecule has 0 saturated carbocycles. The van der Waals surface area contributed by atoms with Crippen molar-refractivity contribution in [3.63, 3.8) is 0 Å².